The van der Waals surface area contributed by atoms with Gasteiger partial charge in [0, 0.05) is 10.0 Å². The fourth-order valence-corrected chi connectivity index (χ4v) is 2.18. The Morgan fingerprint density at radius 2 is 1.80 bits per heavy atom. The van der Waals surface area contributed by atoms with Crippen molar-refractivity contribution in [3.8, 4) is 0 Å². The van der Waals surface area contributed by atoms with E-state index in [1.54, 1.807) is 12.2 Å². The first kappa shape index (κ1) is 14.5. The van der Waals surface area contributed by atoms with Crippen LogP contribution in [0.15, 0.2) is 83.4 Å². The second-order valence-corrected chi connectivity index (χ2v) is 5.27. The Kier molecular flexibility index (Phi) is 5.51. The third kappa shape index (κ3) is 4.63. The lowest BCUT2D eigenvalue weighted by Crippen LogP contribution is -1.93. The molecular formula is C18H15BrO. The first-order valence-electron chi connectivity index (χ1n) is 6.43. The molecule has 0 saturated heterocycles. The molecule has 0 atom stereocenters. The summed E-state index contributed by atoms with van der Waals surface area (Å²) in [6, 6.07) is 17.6. The Labute approximate surface area is 127 Å². The van der Waals surface area contributed by atoms with Gasteiger partial charge in [-0.05, 0) is 30.2 Å². The minimum atomic E-state index is 0.00987. The molecule has 2 rings (SSSR count). The number of allylic oxidation sites excluding steroid dienone is 4. The molecule has 1 nitrogen and oxygen atoms in total. The molecule has 0 spiro atoms. The SMILES string of the molecule is O=C(/C=C/C=C\Cc1ccccc1)c1cccc(Br)c1. The lowest BCUT2D eigenvalue weighted by atomic mass is 10.1. The van der Waals surface area contributed by atoms with E-state index < -0.39 is 0 Å². The van der Waals surface area contributed by atoms with Crippen molar-refractivity contribution in [3.63, 3.8) is 0 Å². The number of carbonyl (C=O) groups is 1. The maximum absolute atomic E-state index is 11.9. The first-order valence-corrected chi connectivity index (χ1v) is 7.22. The van der Waals surface area contributed by atoms with Gasteiger partial charge in [-0.3, -0.25) is 4.79 Å². The molecule has 0 aliphatic rings. The summed E-state index contributed by atoms with van der Waals surface area (Å²) in [7, 11) is 0. The van der Waals surface area contributed by atoms with Crippen LogP contribution in [-0.4, -0.2) is 5.78 Å². The summed E-state index contributed by atoms with van der Waals surface area (Å²) < 4.78 is 0.913. The van der Waals surface area contributed by atoms with Crippen LogP contribution in [0.4, 0.5) is 0 Å². The van der Waals surface area contributed by atoms with Gasteiger partial charge in [-0.25, -0.2) is 0 Å². The first-order chi connectivity index (χ1) is 9.75. The molecule has 2 aromatic carbocycles. The number of hydrogen-bond acceptors (Lipinski definition) is 1. The second kappa shape index (κ2) is 7.61. The van der Waals surface area contributed by atoms with Crippen LogP contribution in [0.2, 0.25) is 0 Å². The van der Waals surface area contributed by atoms with Crippen molar-refractivity contribution >= 4 is 21.7 Å². The van der Waals surface area contributed by atoms with Crippen molar-refractivity contribution in [1.29, 1.82) is 0 Å². The normalized spacial score (nSPS) is 11.2. The van der Waals surface area contributed by atoms with Crippen LogP contribution in [0, 0.1) is 0 Å². The van der Waals surface area contributed by atoms with E-state index in [0.717, 1.165) is 10.9 Å². The average Bonchev–Trinajstić information content (AvgIpc) is 2.48. The van der Waals surface area contributed by atoms with E-state index >= 15 is 0 Å². The van der Waals surface area contributed by atoms with Gasteiger partial charge in [0.15, 0.2) is 5.78 Å². The number of halogens is 1. The summed E-state index contributed by atoms with van der Waals surface area (Å²) in [5.41, 5.74) is 1.95. The van der Waals surface area contributed by atoms with Gasteiger partial charge < -0.3 is 0 Å². The maximum atomic E-state index is 11.9. The van der Waals surface area contributed by atoms with Crippen LogP contribution in [0.1, 0.15) is 15.9 Å². The number of rotatable bonds is 5. The van der Waals surface area contributed by atoms with E-state index in [9.17, 15) is 4.79 Å². The fourth-order valence-electron chi connectivity index (χ4n) is 1.78. The van der Waals surface area contributed by atoms with Crippen LogP contribution in [0.3, 0.4) is 0 Å². The molecule has 0 radical (unpaired) electrons. The van der Waals surface area contributed by atoms with Crippen molar-refractivity contribution < 1.29 is 4.79 Å². The zero-order chi connectivity index (χ0) is 14.2. The summed E-state index contributed by atoms with van der Waals surface area (Å²) in [5.74, 6) is 0.00987. The van der Waals surface area contributed by atoms with Crippen molar-refractivity contribution in [1.82, 2.24) is 0 Å². The topological polar surface area (TPSA) is 17.1 Å². The van der Waals surface area contributed by atoms with Crippen LogP contribution in [0.5, 0.6) is 0 Å². The molecular weight excluding hydrogens is 312 g/mol. The third-order valence-corrected chi connectivity index (χ3v) is 3.29. The largest absolute Gasteiger partial charge is 0.289 e. The number of benzene rings is 2. The third-order valence-electron chi connectivity index (χ3n) is 2.80. The smallest absolute Gasteiger partial charge is 0.185 e. The van der Waals surface area contributed by atoms with E-state index in [0.29, 0.717) is 5.56 Å². The Balaban J connectivity index is 1.88. The molecule has 0 bridgehead atoms. The van der Waals surface area contributed by atoms with Gasteiger partial charge in [-0.1, -0.05) is 76.6 Å². The highest BCUT2D eigenvalue weighted by Crippen LogP contribution is 2.12. The molecule has 0 N–H and O–H groups in total. The standard InChI is InChI=1S/C18H15BrO/c19-17-12-7-11-16(14-17)18(20)13-6-2-5-10-15-8-3-1-4-9-15/h1-9,11-14H,10H2/b5-2-,13-6+. The summed E-state index contributed by atoms with van der Waals surface area (Å²) >= 11 is 3.36. The van der Waals surface area contributed by atoms with Gasteiger partial charge in [0.2, 0.25) is 0 Å². The molecule has 0 heterocycles. The highest BCUT2D eigenvalue weighted by Gasteiger charge is 2.00. The molecule has 0 aliphatic carbocycles. The number of hydrogen-bond donors (Lipinski definition) is 0. The van der Waals surface area contributed by atoms with E-state index in [-0.39, 0.29) is 5.78 Å². The molecule has 20 heavy (non-hydrogen) atoms. The number of ketones is 1. The molecule has 0 saturated carbocycles. The lowest BCUT2D eigenvalue weighted by molar-refractivity contribution is 0.104. The molecule has 0 amide bonds. The Bertz CT molecular complexity index is 627. The molecule has 0 aromatic heterocycles. The minimum absolute atomic E-state index is 0.00987. The van der Waals surface area contributed by atoms with Crippen molar-refractivity contribution in [2.24, 2.45) is 0 Å². The van der Waals surface area contributed by atoms with Crippen LogP contribution >= 0.6 is 15.9 Å². The minimum Gasteiger partial charge on any atom is -0.289 e. The second-order valence-electron chi connectivity index (χ2n) is 4.35. The van der Waals surface area contributed by atoms with Gasteiger partial charge in [-0.15, -0.1) is 0 Å². The van der Waals surface area contributed by atoms with Crippen LogP contribution in [-0.2, 0) is 6.42 Å². The van der Waals surface area contributed by atoms with Crippen molar-refractivity contribution in [3.05, 3.63) is 94.5 Å². The van der Waals surface area contributed by atoms with Crippen LogP contribution in [0.25, 0.3) is 0 Å². The summed E-state index contributed by atoms with van der Waals surface area (Å²) in [4.78, 5) is 11.9. The van der Waals surface area contributed by atoms with Crippen LogP contribution < -0.4 is 0 Å². The van der Waals surface area contributed by atoms with Gasteiger partial charge in [0.1, 0.15) is 0 Å². The van der Waals surface area contributed by atoms with E-state index in [1.807, 2.05) is 54.6 Å². The quantitative estimate of drug-likeness (QED) is 0.430. The van der Waals surface area contributed by atoms with E-state index in [4.69, 9.17) is 0 Å². The number of carbonyl (C=O) groups excluding carboxylic acids is 1. The van der Waals surface area contributed by atoms with Gasteiger partial charge in [-0.2, -0.15) is 0 Å². The van der Waals surface area contributed by atoms with Gasteiger partial charge >= 0.3 is 0 Å². The maximum Gasteiger partial charge on any atom is 0.185 e. The molecule has 100 valence electrons. The average molecular weight is 327 g/mol. The monoisotopic (exact) mass is 326 g/mol. The van der Waals surface area contributed by atoms with Crippen molar-refractivity contribution in [2.45, 2.75) is 6.42 Å². The molecule has 2 heteroatoms. The summed E-state index contributed by atoms with van der Waals surface area (Å²) in [5, 5.41) is 0. The summed E-state index contributed by atoms with van der Waals surface area (Å²) in [6.45, 7) is 0. The molecule has 0 fully saturated rings. The Hall–Kier alpha value is -1.93. The van der Waals surface area contributed by atoms with E-state index in [1.165, 1.54) is 5.56 Å². The van der Waals surface area contributed by atoms with E-state index in [2.05, 4.69) is 28.1 Å². The lowest BCUT2D eigenvalue weighted by Gasteiger charge is -1.95. The predicted molar refractivity (Wildman–Crippen MR) is 86.9 cm³/mol. The van der Waals surface area contributed by atoms with Crippen molar-refractivity contribution in [2.75, 3.05) is 0 Å². The van der Waals surface area contributed by atoms with Gasteiger partial charge in [0.25, 0.3) is 0 Å². The highest BCUT2D eigenvalue weighted by atomic mass is 79.9. The zero-order valence-electron chi connectivity index (χ0n) is 11.0. The molecule has 2 aromatic rings. The van der Waals surface area contributed by atoms with Gasteiger partial charge in [0.05, 0.1) is 0 Å². The highest BCUT2D eigenvalue weighted by molar-refractivity contribution is 9.10. The predicted octanol–water partition coefficient (Wildman–Crippen LogP) is 4.99. The summed E-state index contributed by atoms with van der Waals surface area (Å²) in [6.07, 6.45) is 8.19. The Morgan fingerprint density at radius 3 is 2.55 bits per heavy atom. The fraction of sp³-hybridized carbons (Fsp3) is 0.0556. The molecule has 0 aliphatic heterocycles. The Morgan fingerprint density at radius 1 is 1.00 bits per heavy atom. The zero-order valence-corrected chi connectivity index (χ0v) is 12.6. The molecule has 0 unspecified atom stereocenters.